The van der Waals surface area contributed by atoms with Crippen molar-refractivity contribution in [1.29, 1.82) is 0 Å². The topological polar surface area (TPSA) is 41.6 Å². The number of alkyl halides is 3. The quantitative estimate of drug-likeness (QED) is 0.905. The molecule has 1 heterocycles. The van der Waals surface area contributed by atoms with Gasteiger partial charge in [-0.25, -0.2) is 0 Å². The lowest BCUT2D eigenvalue weighted by Gasteiger charge is -2.32. The molecule has 110 valence electrons. The van der Waals surface area contributed by atoms with Crippen LogP contribution in [-0.2, 0) is 0 Å². The number of halogens is 3. The molecule has 1 saturated heterocycles. The van der Waals surface area contributed by atoms with E-state index in [1.165, 1.54) is 18.2 Å². The van der Waals surface area contributed by atoms with Gasteiger partial charge in [0.25, 0.3) is 5.91 Å². The average molecular weight is 288 g/mol. The lowest BCUT2D eigenvalue weighted by molar-refractivity contribution is -0.274. The van der Waals surface area contributed by atoms with Crippen molar-refractivity contribution in [3.63, 3.8) is 0 Å². The van der Waals surface area contributed by atoms with Gasteiger partial charge in [0, 0.05) is 31.2 Å². The summed E-state index contributed by atoms with van der Waals surface area (Å²) >= 11 is 0. The maximum Gasteiger partial charge on any atom is 0.573 e. The summed E-state index contributed by atoms with van der Waals surface area (Å²) in [7, 11) is 0. The lowest BCUT2D eigenvalue weighted by Crippen LogP contribution is -2.51. The first-order valence-corrected chi connectivity index (χ1v) is 6.23. The van der Waals surface area contributed by atoms with E-state index in [2.05, 4.69) is 10.1 Å². The van der Waals surface area contributed by atoms with Crippen LogP contribution in [0.4, 0.5) is 13.2 Å². The van der Waals surface area contributed by atoms with Gasteiger partial charge in [-0.2, -0.15) is 0 Å². The number of carbonyl (C=O) groups excluding carboxylic acids is 1. The molecule has 7 heteroatoms. The van der Waals surface area contributed by atoms with Crippen LogP contribution < -0.4 is 10.1 Å². The SMILES string of the molecule is C[C@@H]1CN(C(=O)c2cccc(OC(F)(F)F)c2)CCN1. The number of nitrogens with one attached hydrogen (secondary N) is 1. The van der Waals surface area contributed by atoms with Crippen molar-refractivity contribution in [2.45, 2.75) is 19.3 Å². The van der Waals surface area contributed by atoms with Gasteiger partial charge in [-0.3, -0.25) is 4.79 Å². The van der Waals surface area contributed by atoms with E-state index in [-0.39, 0.29) is 23.3 Å². The summed E-state index contributed by atoms with van der Waals surface area (Å²) in [6.45, 7) is 3.69. The molecule has 0 aromatic heterocycles. The van der Waals surface area contributed by atoms with E-state index in [4.69, 9.17) is 0 Å². The van der Waals surface area contributed by atoms with Gasteiger partial charge in [-0.1, -0.05) is 6.07 Å². The van der Waals surface area contributed by atoms with Gasteiger partial charge in [0.2, 0.25) is 0 Å². The predicted octanol–water partition coefficient (Wildman–Crippen LogP) is 2.02. The Balaban J connectivity index is 2.12. The molecular formula is C13H15F3N2O2. The Labute approximate surface area is 114 Å². The van der Waals surface area contributed by atoms with Crippen molar-refractivity contribution < 1.29 is 22.7 Å². The Hall–Kier alpha value is -1.76. The molecule has 0 saturated carbocycles. The number of rotatable bonds is 2. The van der Waals surface area contributed by atoms with E-state index in [0.717, 1.165) is 6.07 Å². The first kappa shape index (κ1) is 14.6. The number of hydrogen-bond donors (Lipinski definition) is 1. The van der Waals surface area contributed by atoms with Crippen molar-refractivity contribution in [1.82, 2.24) is 10.2 Å². The normalized spacial score (nSPS) is 19.8. The molecule has 1 aliphatic rings. The predicted molar refractivity (Wildman–Crippen MR) is 66.5 cm³/mol. The van der Waals surface area contributed by atoms with E-state index >= 15 is 0 Å². The average Bonchev–Trinajstić information content (AvgIpc) is 2.36. The van der Waals surface area contributed by atoms with Crippen LogP contribution in [0.3, 0.4) is 0 Å². The summed E-state index contributed by atoms with van der Waals surface area (Å²) in [5.41, 5.74) is 0.195. The van der Waals surface area contributed by atoms with Gasteiger partial charge in [0.15, 0.2) is 0 Å². The van der Waals surface area contributed by atoms with Crippen molar-refractivity contribution in [2.75, 3.05) is 19.6 Å². The summed E-state index contributed by atoms with van der Waals surface area (Å²) in [5.74, 6) is -0.669. The number of piperazine rings is 1. The first-order chi connectivity index (χ1) is 9.35. The van der Waals surface area contributed by atoms with Gasteiger partial charge in [0.1, 0.15) is 5.75 Å². The largest absolute Gasteiger partial charge is 0.573 e. The van der Waals surface area contributed by atoms with Crippen LogP contribution in [-0.4, -0.2) is 42.8 Å². The first-order valence-electron chi connectivity index (χ1n) is 6.23. The van der Waals surface area contributed by atoms with Crippen LogP contribution in [0.2, 0.25) is 0 Å². The molecule has 0 aliphatic carbocycles. The Morgan fingerprint density at radius 3 is 2.85 bits per heavy atom. The second-order valence-corrected chi connectivity index (χ2v) is 4.68. The van der Waals surface area contributed by atoms with Crippen LogP contribution in [0.1, 0.15) is 17.3 Å². The van der Waals surface area contributed by atoms with Crippen LogP contribution in [0.15, 0.2) is 24.3 Å². The zero-order valence-corrected chi connectivity index (χ0v) is 10.9. The zero-order chi connectivity index (χ0) is 14.8. The number of hydrogen-bond acceptors (Lipinski definition) is 3. The molecule has 4 nitrogen and oxygen atoms in total. The molecule has 1 fully saturated rings. The fourth-order valence-electron chi connectivity index (χ4n) is 2.13. The minimum atomic E-state index is -4.76. The van der Waals surface area contributed by atoms with E-state index in [1.807, 2.05) is 6.92 Å². The third kappa shape index (κ3) is 3.86. The number of amides is 1. The van der Waals surface area contributed by atoms with Crippen LogP contribution in [0.25, 0.3) is 0 Å². The van der Waals surface area contributed by atoms with Gasteiger partial charge in [-0.05, 0) is 25.1 Å². The Kier molecular flexibility index (Phi) is 4.17. The molecule has 0 bridgehead atoms. The van der Waals surface area contributed by atoms with Gasteiger partial charge in [-0.15, -0.1) is 13.2 Å². The van der Waals surface area contributed by atoms with Crippen molar-refractivity contribution >= 4 is 5.91 Å². The van der Waals surface area contributed by atoms with Crippen LogP contribution in [0, 0.1) is 0 Å². The number of benzene rings is 1. The van der Waals surface area contributed by atoms with Crippen LogP contribution in [0.5, 0.6) is 5.75 Å². The fourth-order valence-corrected chi connectivity index (χ4v) is 2.13. The molecular weight excluding hydrogens is 273 g/mol. The highest BCUT2D eigenvalue weighted by atomic mass is 19.4. The van der Waals surface area contributed by atoms with Crippen molar-refractivity contribution in [2.24, 2.45) is 0 Å². The van der Waals surface area contributed by atoms with Gasteiger partial charge >= 0.3 is 6.36 Å². The van der Waals surface area contributed by atoms with Gasteiger partial charge in [0.05, 0.1) is 0 Å². The van der Waals surface area contributed by atoms with Gasteiger partial charge < -0.3 is 15.0 Å². The molecule has 1 N–H and O–H groups in total. The maximum atomic E-state index is 12.2. The Bertz CT molecular complexity index is 491. The third-order valence-corrected chi connectivity index (χ3v) is 2.97. The summed E-state index contributed by atoms with van der Waals surface area (Å²) in [5, 5.41) is 3.19. The zero-order valence-electron chi connectivity index (χ0n) is 10.9. The molecule has 0 unspecified atom stereocenters. The summed E-state index contributed by atoms with van der Waals surface area (Å²) in [6, 6.07) is 5.31. The maximum absolute atomic E-state index is 12.2. The summed E-state index contributed by atoms with van der Waals surface area (Å²) < 4.78 is 40.3. The second kappa shape index (κ2) is 5.70. The fraction of sp³-hybridized carbons (Fsp3) is 0.462. The molecule has 0 radical (unpaired) electrons. The molecule has 1 atom stereocenters. The Morgan fingerprint density at radius 1 is 1.45 bits per heavy atom. The lowest BCUT2D eigenvalue weighted by atomic mass is 10.1. The third-order valence-electron chi connectivity index (χ3n) is 2.97. The smallest absolute Gasteiger partial charge is 0.406 e. The molecule has 1 aromatic rings. The molecule has 1 aliphatic heterocycles. The van der Waals surface area contributed by atoms with E-state index in [9.17, 15) is 18.0 Å². The van der Waals surface area contributed by atoms with Crippen LogP contribution >= 0.6 is 0 Å². The molecule has 1 aromatic carbocycles. The highest BCUT2D eigenvalue weighted by Crippen LogP contribution is 2.23. The highest BCUT2D eigenvalue weighted by molar-refractivity contribution is 5.94. The number of carbonyl (C=O) groups is 1. The van der Waals surface area contributed by atoms with E-state index in [1.54, 1.807) is 4.90 Å². The summed E-state index contributed by atoms with van der Waals surface area (Å²) in [4.78, 5) is 13.8. The number of nitrogens with zero attached hydrogens (tertiary/aromatic N) is 1. The van der Waals surface area contributed by atoms with E-state index in [0.29, 0.717) is 19.6 Å². The molecule has 0 spiro atoms. The minimum absolute atomic E-state index is 0.169. The number of ether oxygens (including phenoxy) is 1. The van der Waals surface area contributed by atoms with Crippen molar-refractivity contribution in [3.8, 4) is 5.75 Å². The molecule has 2 rings (SSSR count). The van der Waals surface area contributed by atoms with E-state index < -0.39 is 6.36 Å². The molecule has 1 amide bonds. The summed E-state index contributed by atoms with van der Waals surface area (Å²) in [6.07, 6.45) is -4.76. The standard InChI is InChI=1S/C13H15F3N2O2/c1-9-8-18(6-5-17-9)12(19)10-3-2-4-11(7-10)20-13(14,15)16/h2-4,7,9,17H,5-6,8H2,1H3/t9-/m1/s1. The highest BCUT2D eigenvalue weighted by Gasteiger charge is 2.31. The minimum Gasteiger partial charge on any atom is -0.406 e. The van der Waals surface area contributed by atoms with Crippen molar-refractivity contribution in [3.05, 3.63) is 29.8 Å². The Morgan fingerprint density at radius 2 is 2.20 bits per heavy atom. The molecule has 20 heavy (non-hydrogen) atoms. The monoisotopic (exact) mass is 288 g/mol. The second-order valence-electron chi connectivity index (χ2n) is 4.68.